The molecule has 8 heteroatoms. The highest BCUT2D eigenvalue weighted by Gasteiger charge is 2.27. The molecule has 0 unspecified atom stereocenters. The molecule has 0 saturated heterocycles. The molecule has 1 aliphatic carbocycles. The number of benzene rings is 1. The van der Waals surface area contributed by atoms with E-state index >= 15 is 0 Å². The van der Waals surface area contributed by atoms with Crippen molar-refractivity contribution in [3.63, 3.8) is 0 Å². The van der Waals surface area contributed by atoms with Gasteiger partial charge in [0.2, 0.25) is 0 Å². The maximum atomic E-state index is 12.6. The molecule has 0 N–H and O–H groups in total. The normalized spacial score (nSPS) is 20.8. The van der Waals surface area contributed by atoms with Gasteiger partial charge in [0, 0.05) is 25.2 Å². The number of hydrogen-bond acceptors (Lipinski definition) is 5. The van der Waals surface area contributed by atoms with Gasteiger partial charge in [-0.1, -0.05) is 6.92 Å². The maximum Gasteiger partial charge on any atom is 0.277 e. The van der Waals surface area contributed by atoms with Crippen LogP contribution in [0.25, 0.3) is 0 Å². The fourth-order valence-corrected chi connectivity index (χ4v) is 2.93. The van der Waals surface area contributed by atoms with E-state index in [0.29, 0.717) is 5.92 Å². The largest absolute Gasteiger partial charge is 0.339 e. The fraction of sp³-hybridized carbons (Fsp3) is 0.533. The standard InChI is InChI=1S/C15H19N3O5/c1-10-3-5-12(6-4-10)16(2)15(19)11-7-13(17(20)21)9-14(8-11)18(22)23/h7-10,12H,3-6H2,1-2H3. The van der Waals surface area contributed by atoms with Gasteiger partial charge in [0.05, 0.1) is 21.5 Å². The zero-order valence-corrected chi connectivity index (χ0v) is 13.1. The van der Waals surface area contributed by atoms with Crippen molar-refractivity contribution in [3.8, 4) is 0 Å². The smallest absolute Gasteiger partial charge is 0.277 e. The Morgan fingerprint density at radius 2 is 1.52 bits per heavy atom. The molecule has 1 aliphatic rings. The average molecular weight is 321 g/mol. The van der Waals surface area contributed by atoms with E-state index in [1.54, 1.807) is 11.9 Å². The summed E-state index contributed by atoms with van der Waals surface area (Å²) in [4.78, 5) is 34.5. The molecule has 0 heterocycles. The highest BCUT2D eigenvalue weighted by Crippen LogP contribution is 2.29. The van der Waals surface area contributed by atoms with E-state index in [2.05, 4.69) is 6.92 Å². The first-order valence-electron chi connectivity index (χ1n) is 7.50. The van der Waals surface area contributed by atoms with Gasteiger partial charge < -0.3 is 4.90 Å². The van der Waals surface area contributed by atoms with Crippen molar-refractivity contribution in [2.45, 2.75) is 38.6 Å². The topological polar surface area (TPSA) is 107 Å². The Kier molecular flexibility index (Phi) is 4.92. The minimum absolute atomic E-state index is 0.0213. The second-order valence-corrected chi connectivity index (χ2v) is 6.08. The van der Waals surface area contributed by atoms with Crippen LogP contribution in [0.5, 0.6) is 0 Å². The Bertz CT molecular complexity index is 606. The highest BCUT2D eigenvalue weighted by atomic mass is 16.6. The Balaban J connectivity index is 2.27. The van der Waals surface area contributed by atoms with Crippen molar-refractivity contribution in [1.82, 2.24) is 4.90 Å². The molecule has 0 bridgehead atoms. The number of nitro groups is 2. The third kappa shape index (κ3) is 3.82. The van der Waals surface area contributed by atoms with Crippen LogP contribution in [0.2, 0.25) is 0 Å². The lowest BCUT2D eigenvalue weighted by atomic mass is 9.86. The number of nitrogens with zero attached hydrogens (tertiary/aromatic N) is 3. The number of non-ortho nitro benzene ring substituents is 2. The summed E-state index contributed by atoms with van der Waals surface area (Å²) in [6.45, 7) is 2.17. The van der Waals surface area contributed by atoms with Gasteiger partial charge in [-0.05, 0) is 31.6 Å². The average Bonchev–Trinajstić information content (AvgIpc) is 2.53. The Morgan fingerprint density at radius 1 is 1.04 bits per heavy atom. The molecule has 1 saturated carbocycles. The summed E-state index contributed by atoms with van der Waals surface area (Å²) in [6, 6.07) is 3.12. The molecule has 1 fully saturated rings. The van der Waals surface area contributed by atoms with Crippen molar-refractivity contribution < 1.29 is 14.6 Å². The Labute approximate surface area is 133 Å². The quantitative estimate of drug-likeness (QED) is 0.625. The van der Waals surface area contributed by atoms with Gasteiger partial charge in [0.25, 0.3) is 17.3 Å². The third-order valence-electron chi connectivity index (χ3n) is 4.42. The molecule has 8 nitrogen and oxygen atoms in total. The first kappa shape index (κ1) is 16.9. The van der Waals surface area contributed by atoms with Gasteiger partial charge in [-0.15, -0.1) is 0 Å². The highest BCUT2D eigenvalue weighted by molar-refractivity contribution is 5.95. The van der Waals surface area contributed by atoms with Crippen LogP contribution in [0.1, 0.15) is 43.0 Å². The molecule has 1 aromatic rings. The summed E-state index contributed by atoms with van der Waals surface area (Å²) in [5.41, 5.74) is -0.923. The minimum atomic E-state index is -0.730. The number of amides is 1. The molecule has 0 atom stereocenters. The molecule has 0 spiro atoms. The van der Waals surface area contributed by atoms with Crippen LogP contribution in [-0.2, 0) is 0 Å². The Hall–Kier alpha value is -2.51. The van der Waals surface area contributed by atoms with Crippen LogP contribution in [0.4, 0.5) is 11.4 Å². The zero-order valence-electron chi connectivity index (χ0n) is 13.1. The van der Waals surface area contributed by atoms with Gasteiger partial charge in [-0.25, -0.2) is 0 Å². The predicted octanol–water partition coefficient (Wildman–Crippen LogP) is 3.15. The lowest BCUT2D eigenvalue weighted by Crippen LogP contribution is -2.39. The second kappa shape index (κ2) is 6.72. The SMILES string of the molecule is CC1CCC(N(C)C(=O)c2cc([N+](=O)[O-])cc([N+](=O)[O-])c2)CC1. The van der Waals surface area contributed by atoms with Gasteiger partial charge in [0.1, 0.15) is 0 Å². The molecular weight excluding hydrogens is 302 g/mol. The predicted molar refractivity (Wildman–Crippen MR) is 83.3 cm³/mol. The van der Waals surface area contributed by atoms with Crippen LogP contribution in [-0.4, -0.2) is 33.7 Å². The van der Waals surface area contributed by atoms with Crippen molar-refractivity contribution in [3.05, 3.63) is 44.0 Å². The second-order valence-electron chi connectivity index (χ2n) is 6.08. The van der Waals surface area contributed by atoms with Gasteiger partial charge >= 0.3 is 0 Å². The fourth-order valence-electron chi connectivity index (χ4n) is 2.93. The number of nitro benzene ring substituents is 2. The van der Waals surface area contributed by atoms with Crippen LogP contribution in [0, 0.1) is 26.1 Å². The lowest BCUT2D eigenvalue weighted by Gasteiger charge is -2.33. The van der Waals surface area contributed by atoms with Crippen molar-refractivity contribution in [1.29, 1.82) is 0 Å². The number of hydrogen-bond donors (Lipinski definition) is 0. The molecule has 0 aromatic heterocycles. The van der Waals surface area contributed by atoms with E-state index in [4.69, 9.17) is 0 Å². The van der Waals surface area contributed by atoms with E-state index in [-0.39, 0.29) is 11.6 Å². The summed E-state index contributed by atoms with van der Waals surface area (Å²) < 4.78 is 0. The summed E-state index contributed by atoms with van der Waals surface area (Å²) in [5, 5.41) is 21.8. The molecule has 1 aromatic carbocycles. The molecule has 124 valence electrons. The van der Waals surface area contributed by atoms with Crippen LogP contribution < -0.4 is 0 Å². The van der Waals surface area contributed by atoms with E-state index in [0.717, 1.165) is 43.9 Å². The van der Waals surface area contributed by atoms with E-state index in [1.807, 2.05) is 0 Å². The summed E-state index contributed by atoms with van der Waals surface area (Å²) in [5.74, 6) is 0.213. The van der Waals surface area contributed by atoms with Crippen LogP contribution in [0.15, 0.2) is 18.2 Å². The molecule has 0 radical (unpaired) electrons. The van der Waals surface area contributed by atoms with Crippen molar-refractivity contribution >= 4 is 17.3 Å². The molecule has 23 heavy (non-hydrogen) atoms. The van der Waals surface area contributed by atoms with Crippen molar-refractivity contribution in [2.24, 2.45) is 5.92 Å². The van der Waals surface area contributed by atoms with E-state index in [9.17, 15) is 25.0 Å². The van der Waals surface area contributed by atoms with Gasteiger partial charge in [0.15, 0.2) is 0 Å². The number of rotatable bonds is 4. The monoisotopic (exact) mass is 321 g/mol. The zero-order chi connectivity index (χ0) is 17.1. The lowest BCUT2D eigenvalue weighted by molar-refractivity contribution is -0.394. The molecule has 0 aliphatic heterocycles. The summed E-state index contributed by atoms with van der Waals surface area (Å²) in [6.07, 6.45) is 3.80. The molecule has 1 amide bonds. The van der Waals surface area contributed by atoms with E-state index in [1.165, 1.54) is 0 Å². The minimum Gasteiger partial charge on any atom is -0.339 e. The van der Waals surface area contributed by atoms with Crippen molar-refractivity contribution in [2.75, 3.05) is 7.05 Å². The van der Waals surface area contributed by atoms with E-state index < -0.39 is 27.1 Å². The first-order valence-corrected chi connectivity index (χ1v) is 7.50. The first-order chi connectivity index (χ1) is 10.8. The number of carbonyl (C=O) groups is 1. The maximum absolute atomic E-state index is 12.6. The summed E-state index contributed by atoms with van der Waals surface area (Å²) >= 11 is 0. The Morgan fingerprint density at radius 3 is 1.96 bits per heavy atom. The molecule has 2 rings (SSSR count). The summed E-state index contributed by atoms with van der Waals surface area (Å²) in [7, 11) is 1.65. The molecular formula is C15H19N3O5. The van der Waals surface area contributed by atoms with Gasteiger partial charge in [-0.2, -0.15) is 0 Å². The van der Waals surface area contributed by atoms with Crippen LogP contribution in [0.3, 0.4) is 0 Å². The van der Waals surface area contributed by atoms with Gasteiger partial charge in [-0.3, -0.25) is 25.0 Å². The third-order valence-corrected chi connectivity index (χ3v) is 4.42. The van der Waals surface area contributed by atoms with Crippen LogP contribution >= 0.6 is 0 Å². The number of carbonyl (C=O) groups excluding carboxylic acids is 1.